The Labute approximate surface area is 197 Å². The minimum atomic E-state index is -0.735. The first-order chi connectivity index (χ1) is 16.4. The summed E-state index contributed by atoms with van der Waals surface area (Å²) in [4.78, 5) is 12.4. The Morgan fingerprint density at radius 1 is 1.00 bits per heavy atom. The molecule has 0 radical (unpaired) electrons. The maximum atomic E-state index is 13.8. The van der Waals surface area contributed by atoms with Crippen LogP contribution in [0, 0.1) is 17.5 Å². The van der Waals surface area contributed by atoms with E-state index in [4.69, 9.17) is 4.74 Å². The molecule has 0 saturated heterocycles. The quantitative estimate of drug-likeness (QED) is 0.332. The summed E-state index contributed by atoms with van der Waals surface area (Å²) < 4.78 is 48.0. The molecule has 0 aliphatic rings. The molecule has 10 heteroatoms. The minimum Gasteiger partial charge on any atom is -0.483 e. The molecule has 1 unspecified atom stereocenters. The van der Waals surface area contributed by atoms with Gasteiger partial charge in [0.2, 0.25) is 5.91 Å². The molecule has 1 atom stereocenters. The van der Waals surface area contributed by atoms with E-state index in [1.165, 1.54) is 24.3 Å². The van der Waals surface area contributed by atoms with Crippen molar-refractivity contribution in [3.05, 3.63) is 96.1 Å². The Bertz CT molecular complexity index is 1280. The zero-order valence-electron chi connectivity index (χ0n) is 17.9. The van der Waals surface area contributed by atoms with Crippen LogP contribution in [0.1, 0.15) is 18.9 Å². The van der Waals surface area contributed by atoms with Crippen molar-refractivity contribution < 1.29 is 22.7 Å². The predicted molar refractivity (Wildman–Crippen MR) is 123 cm³/mol. The molecule has 1 amide bonds. The lowest BCUT2D eigenvalue weighted by Crippen LogP contribution is -2.16. The highest BCUT2D eigenvalue weighted by atomic mass is 32.2. The Morgan fingerprint density at radius 2 is 1.71 bits per heavy atom. The third-order valence-corrected chi connectivity index (χ3v) is 5.63. The number of halogens is 3. The molecule has 4 aromatic rings. The first-order valence-electron chi connectivity index (χ1n) is 10.2. The third-order valence-electron chi connectivity index (χ3n) is 4.70. The van der Waals surface area contributed by atoms with Crippen molar-refractivity contribution in [1.82, 2.24) is 14.8 Å². The molecule has 1 N–H and O–H groups in total. The van der Waals surface area contributed by atoms with Crippen molar-refractivity contribution in [2.24, 2.45) is 0 Å². The number of carbonyl (C=O) groups is 1. The van der Waals surface area contributed by atoms with Crippen LogP contribution in [0.5, 0.6) is 5.75 Å². The summed E-state index contributed by atoms with van der Waals surface area (Å²) in [6.07, 6.45) is -0.553. The maximum absolute atomic E-state index is 13.8. The van der Waals surface area contributed by atoms with E-state index >= 15 is 0 Å². The predicted octanol–water partition coefficient (Wildman–Crippen LogP) is 5.56. The molecule has 34 heavy (non-hydrogen) atoms. The molecule has 0 saturated carbocycles. The molecular formula is C24H19F3N4O2S. The third kappa shape index (κ3) is 5.57. The molecule has 1 aromatic heterocycles. The number of anilines is 1. The number of thioether (sulfide) groups is 1. The Morgan fingerprint density at radius 3 is 2.44 bits per heavy atom. The van der Waals surface area contributed by atoms with Crippen molar-refractivity contribution in [1.29, 1.82) is 0 Å². The Kier molecular flexibility index (Phi) is 7.17. The number of hydrogen-bond donors (Lipinski definition) is 1. The van der Waals surface area contributed by atoms with E-state index in [0.29, 0.717) is 16.7 Å². The van der Waals surface area contributed by atoms with Crippen LogP contribution in [-0.4, -0.2) is 26.4 Å². The number of rotatable bonds is 8. The van der Waals surface area contributed by atoms with Gasteiger partial charge >= 0.3 is 0 Å². The van der Waals surface area contributed by atoms with Gasteiger partial charge < -0.3 is 10.1 Å². The van der Waals surface area contributed by atoms with Gasteiger partial charge in [0.05, 0.1) is 11.4 Å². The summed E-state index contributed by atoms with van der Waals surface area (Å²) >= 11 is 1.08. The second kappa shape index (κ2) is 10.4. The van der Waals surface area contributed by atoms with E-state index in [-0.39, 0.29) is 17.3 Å². The van der Waals surface area contributed by atoms with Crippen LogP contribution in [0.2, 0.25) is 0 Å². The first kappa shape index (κ1) is 23.4. The van der Waals surface area contributed by atoms with Gasteiger partial charge in [-0.1, -0.05) is 30.0 Å². The van der Waals surface area contributed by atoms with Gasteiger partial charge in [0, 0.05) is 11.8 Å². The van der Waals surface area contributed by atoms with Gasteiger partial charge in [-0.3, -0.25) is 9.36 Å². The lowest BCUT2D eigenvalue weighted by Gasteiger charge is -2.16. The highest BCUT2D eigenvalue weighted by molar-refractivity contribution is 7.99. The van der Waals surface area contributed by atoms with E-state index in [1.54, 1.807) is 11.5 Å². The van der Waals surface area contributed by atoms with Crippen LogP contribution in [0.15, 0.2) is 78.0 Å². The molecule has 0 aliphatic heterocycles. The molecule has 3 aromatic carbocycles. The van der Waals surface area contributed by atoms with Crippen LogP contribution in [0.3, 0.4) is 0 Å². The van der Waals surface area contributed by atoms with Gasteiger partial charge in [-0.2, -0.15) is 0 Å². The Balaban J connectivity index is 1.54. The SMILES string of the molecule is CC(Oc1ccc(F)cc1)c1nnc(SCC(=O)Nc2cc(F)ccc2F)n1-c1ccccc1. The van der Waals surface area contributed by atoms with Crippen molar-refractivity contribution in [2.75, 3.05) is 11.1 Å². The largest absolute Gasteiger partial charge is 0.483 e. The lowest BCUT2D eigenvalue weighted by molar-refractivity contribution is -0.113. The van der Waals surface area contributed by atoms with Gasteiger partial charge in [0.1, 0.15) is 23.2 Å². The number of nitrogens with one attached hydrogen (secondary N) is 1. The smallest absolute Gasteiger partial charge is 0.234 e. The highest BCUT2D eigenvalue weighted by Crippen LogP contribution is 2.28. The molecule has 6 nitrogen and oxygen atoms in total. The van der Waals surface area contributed by atoms with Crippen LogP contribution in [0.25, 0.3) is 5.69 Å². The normalized spacial score (nSPS) is 11.8. The van der Waals surface area contributed by atoms with Gasteiger partial charge in [-0.05, 0) is 55.5 Å². The summed E-state index contributed by atoms with van der Waals surface area (Å²) in [6, 6.07) is 17.7. The molecule has 0 spiro atoms. The Hall–Kier alpha value is -3.79. The van der Waals surface area contributed by atoms with Crippen molar-refractivity contribution >= 4 is 23.4 Å². The van der Waals surface area contributed by atoms with Crippen LogP contribution >= 0.6 is 11.8 Å². The fourth-order valence-electron chi connectivity index (χ4n) is 3.14. The first-order valence-corrected chi connectivity index (χ1v) is 11.2. The molecular weight excluding hydrogens is 465 g/mol. The minimum absolute atomic E-state index is 0.117. The molecule has 1 heterocycles. The number of benzene rings is 3. The van der Waals surface area contributed by atoms with E-state index in [9.17, 15) is 18.0 Å². The molecule has 4 rings (SSSR count). The second-order valence-corrected chi connectivity index (χ2v) is 8.13. The highest BCUT2D eigenvalue weighted by Gasteiger charge is 2.22. The fraction of sp³-hybridized carbons (Fsp3) is 0.125. The summed E-state index contributed by atoms with van der Waals surface area (Å²) in [5.41, 5.74) is 0.508. The number of carbonyl (C=O) groups excluding carboxylic acids is 1. The average molecular weight is 485 g/mol. The summed E-state index contributed by atoms with van der Waals surface area (Å²) in [5.74, 6) is -1.49. The number of ether oxygens (including phenoxy) is 1. The van der Waals surface area contributed by atoms with Gasteiger partial charge in [0.25, 0.3) is 0 Å². The zero-order chi connectivity index (χ0) is 24.1. The van der Waals surface area contributed by atoms with Crippen LogP contribution in [-0.2, 0) is 4.79 Å². The standard InChI is InChI=1S/C24H19F3N4O2S/c1-15(33-19-10-7-16(25)8-11-19)23-29-30-24(31(23)18-5-3-2-4-6-18)34-14-22(32)28-21-13-17(26)9-12-20(21)27/h2-13,15H,14H2,1H3,(H,28,32). The van der Waals surface area contributed by atoms with Gasteiger partial charge in [-0.25, -0.2) is 13.2 Å². The number of nitrogens with zero attached hydrogens (tertiary/aromatic N) is 3. The van der Waals surface area contributed by atoms with E-state index in [0.717, 1.165) is 35.6 Å². The van der Waals surface area contributed by atoms with Crippen molar-refractivity contribution in [2.45, 2.75) is 18.2 Å². The lowest BCUT2D eigenvalue weighted by atomic mass is 10.3. The van der Waals surface area contributed by atoms with E-state index < -0.39 is 23.6 Å². The zero-order valence-corrected chi connectivity index (χ0v) is 18.7. The fourth-order valence-corrected chi connectivity index (χ4v) is 3.90. The summed E-state index contributed by atoms with van der Waals surface area (Å²) in [5, 5.41) is 11.2. The monoisotopic (exact) mass is 484 g/mol. The second-order valence-electron chi connectivity index (χ2n) is 7.19. The maximum Gasteiger partial charge on any atom is 0.234 e. The summed E-state index contributed by atoms with van der Waals surface area (Å²) in [6.45, 7) is 1.78. The molecule has 0 fully saturated rings. The van der Waals surface area contributed by atoms with Gasteiger partial charge in [-0.15, -0.1) is 10.2 Å². The van der Waals surface area contributed by atoms with E-state index in [1.807, 2.05) is 30.3 Å². The van der Waals surface area contributed by atoms with Crippen LogP contribution in [0.4, 0.5) is 18.9 Å². The number of hydrogen-bond acceptors (Lipinski definition) is 5. The molecule has 0 bridgehead atoms. The van der Waals surface area contributed by atoms with E-state index in [2.05, 4.69) is 15.5 Å². The number of aromatic nitrogens is 3. The topological polar surface area (TPSA) is 69.0 Å². The van der Waals surface area contributed by atoms with Crippen molar-refractivity contribution in [3.63, 3.8) is 0 Å². The number of para-hydroxylation sites is 1. The number of amides is 1. The van der Waals surface area contributed by atoms with Crippen LogP contribution < -0.4 is 10.1 Å². The average Bonchev–Trinajstić information content (AvgIpc) is 3.26. The van der Waals surface area contributed by atoms with Crippen molar-refractivity contribution in [3.8, 4) is 11.4 Å². The summed E-state index contributed by atoms with van der Waals surface area (Å²) in [7, 11) is 0. The molecule has 0 aliphatic carbocycles. The molecule has 174 valence electrons. The van der Waals surface area contributed by atoms with Gasteiger partial charge in [0.15, 0.2) is 17.1 Å².